The number of ether oxygens (including phenoxy) is 1. The fourth-order valence-electron chi connectivity index (χ4n) is 2.53. The van der Waals surface area contributed by atoms with E-state index in [4.69, 9.17) is 4.74 Å². The fourth-order valence-corrected chi connectivity index (χ4v) is 2.53. The van der Waals surface area contributed by atoms with Crippen LogP contribution in [0.3, 0.4) is 0 Å². The lowest BCUT2D eigenvalue weighted by molar-refractivity contribution is -0.385. The van der Waals surface area contributed by atoms with Gasteiger partial charge in [0.1, 0.15) is 12.4 Å². The van der Waals surface area contributed by atoms with Gasteiger partial charge in [-0.2, -0.15) is 0 Å². The molecule has 0 aliphatic rings. The Hall–Kier alpha value is -2.36. The minimum Gasteiger partial charge on any atom is -0.488 e. The highest BCUT2D eigenvalue weighted by Gasteiger charge is 2.17. The summed E-state index contributed by atoms with van der Waals surface area (Å²) >= 11 is 0. The van der Waals surface area contributed by atoms with Crippen LogP contribution in [0, 0.1) is 30.9 Å². The van der Waals surface area contributed by atoms with E-state index in [1.54, 1.807) is 6.07 Å². The van der Waals surface area contributed by atoms with Gasteiger partial charge in [-0.3, -0.25) is 10.1 Å². The Morgan fingerprint density at radius 1 is 1.09 bits per heavy atom. The minimum atomic E-state index is -0.342. The molecule has 0 saturated carbocycles. The van der Waals surface area contributed by atoms with Crippen LogP contribution in [0.5, 0.6) is 5.75 Å². The van der Waals surface area contributed by atoms with Crippen LogP contribution < -0.4 is 4.74 Å². The Bertz CT molecular complexity index is 708. The van der Waals surface area contributed by atoms with Gasteiger partial charge in [0.05, 0.1) is 10.5 Å². The van der Waals surface area contributed by atoms with E-state index in [1.807, 2.05) is 32.9 Å². The Kier molecular flexibility index (Phi) is 4.81. The summed E-state index contributed by atoms with van der Waals surface area (Å²) in [6.45, 7) is 8.28. The van der Waals surface area contributed by atoms with Gasteiger partial charge in [0.15, 0.2) is 0 Å². The molecule has 0 N–H and O–H groups in total. The van der Waals surface area contributed by atoms with Crippen molar-refractivity contribution in [3.63, 3.8) is 0 Å². The van der Waals surface area contributed by atoms with Crippen molar-refractivity contribution in [3.8, 4) is 5.75 Å². The van der Waals surface area contributed by atoms with Gasteiger partial charge in [-0.25, -0.2) is 0 Å². The molecule has 0 aromatic heterocycles. The first-order chi connectivity index (χ1) is 10.4. The maximum Gasteiger partial charge on any atom is 0.276 e. The van der Waals surface area contributed by atoms with Crippen molar-refractivity contribution in [1.29, 1.82) is 0 Å². The number of rotatable bonds is 5. The maximum atomic E-state index is 11.2. The molecule has 0 fully saturated rings. The van der Waals surface area contributed by atoms with Gasteiger partial charge >= 0.3 is 0 Å². The molecule has 4 heteroatoms. The number of nitro benzene ring substituents is 1. The van der Waals surface area contributed by atoms with Gasteiger partial charge in [0, 0.05) is 6.07 Å². The van der Waals surface area contributed by atoms with E-state index in [9.17, 15) is 10.1 Å². The standard InChI is InChI=1S/C18H21NO3/c1-5-15-7-6-8-17(19(20)21)16(15)11-22-18-10-13(3)12(2)9-14(18)4/h6-10H,5,11H2,1-4H3. The highest BCUT2D eigenvalue weighted by Crippen LogP contribution is 2.27. The zero-order chi connectivity index (χ0) is 16.3. The Labute approximate surface area is 130 Å². The van der Waals surface area contributed by atoms with E-state index in [0.717, 1.165) is 28.9 Å². The zero-order valence-corrected chi connectivity index (χ0v) is 13.5. The van der Waals surface area contributed by atoms with Crippen molar-refractivity contribution in [2.45, 2.75) is 40.7 Å². The van der Waals surface area contributed by atoms with Crippen molar-refractivity contribution in [3.05, 3.63) is 68.3 Å². The fraction of sp³-hybridized carbons (Fsp3) is 0.333. The third-order valence-electron chi connectivity index (χ3n) is 3.99. The van der Waals surface area contributed by atoms with Gasteiger partial charge < -0.3 is 4.74 Å². The summed E-state index contributed by atoms with van der Waals surface area (Å²) in [4.78, 5) is 10.9. The van der Waals surface area contributed by atoms with E-state index < -0.39 is 0 Å². The van der Waals surface area contributed by atoms with Gasteiger partial charge in [0.25, 0.3) is 5.69 Å². The molecule has 0 aliphatic carbocycles. The molecule has 4 nitrogen and oxygen atoms in total. The Morgan fingerprint density at radius 3 is 2.41 bits per heavy atom. The second kappa shape index (κ2) is 6.60. The molecular weight excluding hydrogens is 278 g/mol. The second-order valence-corrected chi connectivity index (χ2v) is 5.52. The van der Waals surface area contributed by atoms with E-state index in [-0.39, 0.29) is 17.2 Å². The van der Waals surface area contributed by atoms with Crippen molar-refractivity contribution in [1.82, 2.24) is 0 Å². The summed E-state index contributed by atoms with van der Waals surface area (Å²) in [7, 11) is 0. The number of hydrogen-bond donors (Lipinski definition) is 0. The first kappa shape index (κ1) is 16.0. The van der Waals surface area contributed by atoms with Crippen LogP contribution >= 0.6 is 0 Å². The molecule has 0 bridgehead atoms. The smallest absolute Gasteiger partial charge is 0.276 e. The highest BCUT2D eigenvalue weighted by molar-refractivity contribution is 5.46. The minimum absolute atomic E-state index is 0.126. The van der Waals surface area contributed by atoms with Crippen LogP contribution in [0.4, 0.5) is 5.69 Å². The van der Waals surface area contributed by atoms with Crippen molar-refractivity contribution < 1.29 is 9.66 Å². The number of benzene rings is 2. The third-order valence-corrected chi connectivity index (χ3v) is 3.99. The van der Waals surface area contributed by atoms with Gasteiger partial charge in [-0.15, -0.1) is 0 Å². The normalized spacial score (nSPS) is 10.5. The lowest BCUT2D eigenvalue weighted by atomic mass is 10.0. The molecule has 116 valence electrons. The lowest BCUT2D eigenvalue weighted by Gasteiger charge is -2.14. The van der Waals surface area contributed by atoms with Gasteiger partial charge in [-0.1, -0.05) is 25.1 Å². The molecular formula is C18H21NO3. The van der Waals surface area contributed by atoms with Crippen LogP contribution in [0.25, 0.3) is 0 Å². The quantitative estimate of drug-likeness (QED) is 0.596. The van der Waals surface area contributed by atoms with E-state index in [1.165, 1.54) is 11.6 Å². The Morgan fingerprint density at radius 2 is 1.77 bits per heavy atom. The molecule has 2 aromatic carbocycles. The molecule has 22 heavy (non-hydrogen) atoms. The first-order valence-corrected chi connectivity index (χ1v) is 7.39. The van der Waals surface area contributed by atoms with Crippen LogP contribution in [-0.2, 0) is 13.0 Å². The van der Waals surface area contributed by atoms with Crippen molar-refractivity contribution in [2.75, 3.05) is 0 Å². The predicted molar refractivity (Wildman–Crippen MR) is 87.5 cm³/mol. The topological polar surface area (TPSA) is 52.4 Å². The molecule has 0 heterocycles. The summed E-state index contributed by atoms with van der Waals surface area (Å²) < 4.78 is 5.89. The van der Waals surface area contributed by atoms with Gasteiger partial charge in [-0.05, 0) is 55.5 Å². The predicted octanol–water partition coefficient (Wildman–Crippen LogP) is 4.66. The third kappa shape index (κ3) is 3.27. The van der Waals surface area contributed by atoms with Crippen LogP contribution in [-0.4, -0.2) is 4.92 Å². The molecule has 0 saturated heterocycles. The average molecular weight is 299 g/mol. The van der Waals surface area contributed by atoms with Crippen LogP contribution in [0.1, 0.15) is 34.7 Å². The molecule has 2 aromatic rings. The summed E-state index contributed by atoms with van der Waals surface area (Å²) in [6, 6.07) is 9.24. The zero-order valence-electron chi connectivity index (χ0n) is 13.5. The largest absolute Gasteiger partial charge is 0.488 e. The van der Waals surface area contributed by atoms with Gasteiger partial charge in [0.2, 0.25) is 0 Å². The summed E-state index contributed by atoms with van der Waals surface area (Å²) in [5, 5.41) is 11.2. The summed E-state index contributed by atoms with van der Waals surface area (Å²) in [6.07, 6.45) is 0.742. The lowest BCUT2D eigenvalue weighted by Crippen LogP contribution is -2.05. The Balaban J connectivity index is 2.32. The molecule has 0 atom stereocenters. The SMILES string of the molecule is CCc1cccc([N+](=O)[O-])c1COc1cc(C)c(C)cc1C. The summed E-state index contributed by atoms with van der Waals surface area (Å²) in [5.41, 5.74) is 5.15. The molecule has 0 spiro atoms. The van der Waals surface area contributed by atoms with E-state index in [2.05, 4.69) is 13.0 Å². The first-order valence-electron chi connectivity index (χ1n) is 7.39. The molecule has 0 radical (unpaired) electrons. The van der Waals surface area contributed by atoms with Crippen LogP contribution in [0.15, 0.2) is 30.3 Å². The van der Waals surface area contributed by atoms with E-state index in [0.29, 0.717) is 5.56 Å². The maximum absolute atomic E-state index is 11.2. The van der Waals surface area contributed by atoms with Crippen LogP contribution in [0.2, 0.25) is 0 Å². The number of hydrogen-bond acceptors (Lipinski definition) is 3. The average Bonchev–Trinajstić information content (AvgIpc) is 2.49. The molecule has 2 rings (SSSR count). The molecule has 0 unspecified atom stereocenters. The summed E-state index contributed by atoms with van der Waals surface area (Å²) in [5.74, 6) is 0.781. The monoisotopic (exact) mass is 299 g/mol. The van der Waals surface area contributed by atoms with Crippen molar-refractivity contribution >= 4 is 5.69 Å². The number of nitrogens with zero attached hydrogens (tertiary/aromatic N) is 1. The number of nitro groups is 1. The van der Waals surface area contributed by atoms with E-state index >= 15 is 0 Å². The molecule has 0 amide bonds. The second-order valence-electron chi connectivity index (χ2n) is 5.52. The highest BCUT2D eigenvalue weighted by atomic mass is 16.6. The number of aryl methyl sites for hydroxylation is 4. The molecule has 0 aliphatic heterocycles. The van der Waals surface area contributed by atoms with Crippen molar-refractivity contribution in [2.24, 2.45) is 0 Å².